The van der Waals surface area contributed by atoms with Gasteiger partial charge in [0.05, 0.1) is 0 Å². The van der Waals surface area contributed by atoms with Gasteiger partial charge in [-0.15, -0.1) is 0 Å². The van der Waals surface area contributed by atoms with Gasteiger partial charge in [0.25, 0.3) is 0 Å². The van der Waals surface area contributed by atoms with Crippen molar-refractivity contribution >= 4 is 6.29 Å². The maximum absolute atomic E-state index is 11.9. The van der Waals surface area contributed by atoms with Gasteiger partial charge in [-0.05, 0) is 109 Å². The molecule has 188 valence electrons. The summed E-state index contributed by atoms with van der Waals surface area (Å²) in [6.45, 7) is 16.7. The smallest absolute Gasteiger partial charge is 0.167 e. The Kier molecular flexibility index (Phi) is 5.22. The Labute approximate surface area is 202 Å². The van der Waals surface area contributed by atoms with E-state index in [4.69, 9.17) is 0 Å². The number of hydrogen-bond donors (Lipinski definition) is 2. The average molecular weight is 459 g/mol. The molecule has 0 amide bonds. The zero-order valence-corrected chi connectivity index (χ0v) is 22.4. The molecule has 5 aliphatic carbocycles. The van der Waals surface area contributed by atoms with Gasteiger partial charge in [-0.3, -0.25) is 0 Å². The van der Waals surface area contributed by atoms with Crippen LogP contribution in [0.5, 0.6) is 0 Å². The summed E-state index contributed by atoms with van der Waals surface area (Å²) in [5.74, 6) is 1.59. The highest BCUT2D eigenvalue weighted by Crippen LogP contribution is 2.77. The molecular formula is C30H50O3. The summed E-state index contributed by atoms with van der Waals surface area (Å²) in [6, 6.07) is 0. The Morgan fingerprint density at radius 3 is 2.12 bits per heavy atom. The van der Waals surface area contributed by atoms with Crippen molar-refractivity contribution in [2.24, 2.45) is 62.6 Å². The molecule has 0 aromatic heterocycles. The van der Waals surface area contributed by atoms with E-state index in [1.54, 1.807) is 0 Å². The first-order valence-corrected chi connectivity index (χ1v) is 14.1. The van der Waals surface area contributed by atoms with Gasteiger partial charge in [0.1, 0.15) is 6.29 Å². The predicted octanol–water partition coefficient (Wildman–Crippen LogP) is 6.60. The van der Waals surface area contributed by atoms with Crippen LogP contribution in [-0.4, -0.2) is 22.3 Å². The molecule has 5 rings (SSSR count). The molecular weight excluding hydrogens is 408 g/mol. The second kappa shape index (κ2) is 7.09. The summed E-state index contributed by atoms with van der Waals surface area (Å²) in [6.07, 6.45) is 12.7. The van der Waals surface area contributed by atoms with Crippen LogP contribution >= 0.6 is 0 Å². The summed E-state index contributed by atoms with van der Waals surface area (Å²) in [7, 11) is 0. The maximum atomic E-state index is 11.9. The molecule has 3 nitrogen and oxygen atoms in total. The van der Waals surface area contributed by atoms with Crippen LogP contribution in [0.15, 0.2) is 0 Å². The van der Waals surface area contributed by atoms with Crippen molar-refractivity contribution in [3.8, 4) is 0 Å². The van der Waals surface area contributed by atoms with Gasteiger partial charge in [0.15, 0.2) is 5.79 Å². The number of carbonyl (C=O) groups excluding carboxylic acids is 1. The third-order valence-electron chi connectivity index (χ3n) is 14.0. The second-order valence-electron chi connectivity index (χ2n) is 15.1. The van der Waals surface area contributed by atoms with Crippen molar-refractivity contribution in [3.63, 3.8) is 0 Å². The topological polar surface area (TPSA) is 57.5 Å². The molecule has 0 spiro atoms. The number of fused-ring (bicyclic) bond motifs is 7. The largest absolute Gasteiger partial charge is 0.365 e. The summed E-state index contributed by atoms with van der Waals surface area (Å²) >= 11 is 0. The van der Waals surface area contributed by atoms with Gasteiger partial charge < -0.3 is 15.0 Å². The number of hydrogen-bond acceptors (Lipinski definition) is 3. The van der Waals surface area contributed by atoms with E-state index in [9.17, 15) is 15.0 Å². The van der Waals surface area contributed by atoms with E-state index in [1.165, 1.54) is 51.2 Å². The van der Waals surface area contributed by atoms with Gasteiger partial charge in [-0.2, -0.15) is 0 Å². The lowest BCUT2D eigenvalue weighted by Crippen LogP contribution is -2.68. The van der Waals surface area contributed by atoms with E-state index in [0.717, 1.165) is 18.8 Å². The fraction of sp³-hybridized carbons (Fsp3) is 0.967. The minimum Gasteiger partial charge on any atom is -0.365 e. The van der Waals surface area contributed by atoms with Crippen molar-refractivity contribution in [3.05, 3.63) is 0 Å². The van der Waals surface area contributed by atoms with Gasteiger partial charge >= 0.3 is 0 Å². The van der Waals surface area contributed by atoms with Crippen molar-refractivity contribution in [1.82, 2.24) is 0 Å². The third-order valence-corrected chi connectivity index (χ3v) is 14.0. The predicted molar refractivity (Wildman–Crippen MR) is 132 cm³/mol. The second-order valence-corrected chi connectivity index (χ2v) is 15.1. The Morgan fingerprint density at radius 1 is 0.758 bits per heavy atom. The van der Waals surface area contributed by atoms with Crippen LogP contribution in [0.3, 0.4) is 0 Å². The normalized spacial score (nSPS) is 55.5. The van der Waals surface area contributed by atoms with E-state index >= 15 is 0 Å². The summed E-state index contributed by atoms with van der Waals surface area (Å²) in [4.78, 5) is 11.9. The first kappa shape index (κ1) is 24.3. The molecule has 3 heteroatoms. The first-order valence-electron chi connectivity index (χ1n) is 14.1. The van der Waals surface area contributed by atoms with Crippen molar-refractivity contribution in [1.29, 1.82) is 0 Å². The lowest BCUT2D eigenvalue weighted by molar-refractivity contribution is -0.320. The van der Waals surface area contributed by atoms with Crippen molar-refractivity contribution in [2.45, 2.75) is 118 Å². The van der Waals surface area contributed by atoms with E-state index in [2.05, 4.69) is 48.5 Å². The van der Waals surface area contributed by atoms with Gasteiger partial charge in [0, 0.05) is 17.8 Å². The Bertz CT molecular complexity index is 817. The standard InChI is InChI=1S/C30H50O3/c1-19(18-31)20-10-12-26(4)14-16-28(6)21(24(20)26)8-9-23-27(5)15-17-30(32,33)25(2,3)22(27)11-13-29(23,28)7/h18-24,32-33H,8-17H2,1-7H3/t19-,20-,21+,22-,23+,24+,26+,27-,28+,29+/m0/s1. The minimum atomic E-state index is -1.55. The third kappa shape index (κ3) is 2.85. The van der Waals surface area contributed by atoms with Gasteiger partial charge in [-0.1, -0.05) is 48.5 Å². The SMILES string of the molecule is C[C@@H](C=O)[C@@H]1CC[C@]2(C)CC[C@]3(C)[C@H](CC[C@@H]4[C@@]5(C)CCC(O)(O)C(C)(C)[C@@H]5CC[C@]43C)[C@@H]12. The zero-order valence-electron chi connectivity index (χ0n) is 22.4. The fourth-order valence-corrected chi connectivity index (χ4v) is 11.6. The molecule has 0 heterocycles. The van der Waals surface area contributed by atoms with Crippen LogP contribution in [0.25, 0.3) is 0 Å². The van der Waals surface area contributed by atoms with E-state index in [0.29, 0.717) is 46.3 Å². The quantitative estimate of drug-likeness (QED) is 0.362. The highest BCUT2D eigenvalue weighted by atomic mass is 16.5. The Hall–Kier alpha value is -0.410. The molecule has 5 aliphatic rings. The molecule has 5 saturated carbocycles. The van der Waals surface area contributed by atoms with Crippen LogP contribution < -0.4 is 0 Å². The highest BCUT2D eigenvalue weighted by Gasteiger charge is 2.71. The molecule has 10 atom stereocenters. The first-order chi connectivity index (χ1) is 15.2. The summed E-state index contributed by atoms with van der Waals surface area (Å²) in [5.41, 5.74) is 0.722. The molecule has 33 heavy (non-hydrogen) atoms. The number of carbonyl (C=O) groups is 1. The maximum Gasteiger partial charge on any atom is 0.167 e. The summed E-state index contributed by atoms with van der Waals surface area (Å²) in [5, 5.41) is 21.8. The molecule has 2 N–H and O–H groups in total. The molecule has 0 aromatic carbocycles. The van der Waals surface area contributed by atoms with Crippen LogP contribution in [0, 0.1) is 62.6 Å². The lowest BCUT2D eigenvalue weighted by atomic mass is 9.32. The van der Waals surface area contributed by atoms with E-state index in [-0.39, 0.29) is 11.3 Å². The van der Waals surface area contributed by atoms with Gasteiger partial charge in [-0.25, -0.2) is 0 Å². The highest BCUT2D eigenvalue weighted by molar-refractivity contribution is 5.53. The van der Waals surface area contributed by atoms with Crippen LogP contribution in [0.4, 0.5) is 0 Å². The monoisotopic (exact) mass is 458 g/mol. The molecule has 0 aromatic rings. The molecule has 0 bridgehead atoms. The van der Waals surface area contributed by atoms with E-state index in [1.807, 2.05) is 0 Å². The number of aldehydes is 1. The Balaban J connectivity index is 1.54. The van der Waals surface area contributed by atoms with Gasteiger partial charge in [0.2, 0.25) is 0 Å². The summed E-state index contributed by atoms with van der Waals surface area (Å²) < 4.78 is 0. The molecule has 0 radical (unpaired) electrons. The average Bonchev–Trinajstić information content (AvgIpc) is 3.09. The molecule has 5 fully saturated rings. The van der Waals surface area contributed by atoms with E-state index < -0.39 is 11.2 Å². The van der Waals surface area contributed by atoms with Crippen LogP contribution in [0.2, 0.25) is 0 Å². The molecule has 0 saturated heterocycles. The minimum absolute atomic E-state index is 0.172. The number of rotatable bonds is 2. The molecule has 0 unspecified atom stereocenters. The Morgan fingerprint density at radius 2 is 1.45 bits per heavy atom. The number of aliphatic hydroxyl groups is 2. The van der Waals surface area contributed by atoms with Crippen LogP contribution in [0.1, 0.15) is 113 Å². The fourth-order valence-electron chi connectivity index (χ4n) is 11.6. The lowest BCUT2D eigenvalue weighted by Gasteiger charge is -2.73. The zero-order chi connectivity index (χ0) is 24.2. The van der Waals surface area contributed by atoms with Crippen LogP contribution in [-0.2, 0) is 4.79 Å². The van der Waals surface area contributed by atoms with Crippen molar-refractivity contribution < 1.29 is 15.0 Å². The molecule has 0 aliphatic heterocycles. The van der Waals surface area contributed by atoms with Crippen molar-refractivity contribution in [2.75, 3.05) is 0 Å².